The van der Waals surface area contributed by atoms with Crippen LogP contribution in [0.25, 0.3) is 21.8 Å². The van der Waals surface area contributed by atoms with E-state index in [1.165, 1.54) is 32.9 Å². The van der Waals surface area contributed by atoms with E-state index in [0.29, 0.717) is 6.54 Å². The Labute approximate surface area is 157 Å². The summed E-state index contributed by atoms with van der Waals surface area (Å²) in [6, 6.07) is 25.6. The number of nitrogens with zero attached hydrogens (tertiary/aromatic N) is 4. The normalized spacial score (nSPS) is 11.4. The molecule has 3 aromatic carbocycles. The number of para-hydroxylation sites is 2. The molecule has 0 fully saturated rings. The van der Waals surface area contributed by atoms with Gasteiger partial charge in [0.25, 0.3) is 0 Å². The van der Waals surface area contributed by atoms with Crippen LogP contribution in [0.3, 0.4) is 0 Å². The van der Waals surface area contributed by atoms with E-state index in [0.717, 1.165) is 12.2 Å². The second kappa shape index (κ2) is 6.40. The van der Waals surface area contributed by atoms with Gasteiger partial charge in [0.1, 0.15) is 5.69 Å². The average molecular weight is 352 g/mol. The summed E-state index contributed by atoms with van der Waals surface area (Å²) in [5.41, 5.74) is 5.93. The predicted molar refractivity (Wildman–Crippen MR) is 109 cm³/mol. The van der Waals surface area contributed by atoms with Crippen molar-refractivity contribution < 1.29 is 0 Å². The quantitative estimate of drug-likeness (QED) is 0.466. The number of aromatic nitrogens is 4. The van der Waals surface area contributed by atoms with Gasteiger partial charge in [0.05, 0.1) is 19.3 Å². The van der Waals surface area contributed by atoms with Gasteiger partial charge in [-0.2, -0.15) is 0 Å². The minimum atomic E-state index is 0.710. The molecule has 132 valence electrons. The number of fused-ring (bicyclic) bond motifs is 3. The van der Waals surface area contributed by atoms with E-state index in [1.807, 2.05) is 10.9 Å². The first-order valence-electron chi connectivity index (χ1n) is 9.18. The van der Waals surface area contributed by atoms with Crippen LogP contribution >= 0.6 is 0 Å². The van der Waals surface area contributed by atoms with E-state index in [9.17, 15) is 0 Å². The van der Waals surface area contributed by atoms with Crippen LogP contribution in [0, 0.1) is 6.92 Å². The Morgan fingerprint density at radius 1 is 0.778 bits per heavy atom. The summed E-state index contributed by atoms with van der Waals surface area (Å²) in [7, 11) is 0. The maximum atomic E-state index is 4.42. The van der Waals surface area contributed by atoms with Crippen LogP contribution in [0.2, 0.25) is 0 Å². The first kappa shape index (κ1) is 15.8. The zero-order valence-electron chi connectivity index (χ0n) is 15.2. The summed E-state index contributed by atoms with van der Waals surface area (Å²) >= 11 is 0. The lowest BCUT2D eigenvalue weighted by atomic mass is 10.1. The molecule has 0 amide bonds. The molecule has 0 aliphatic rings. The summed E-state index contributed by atoms with van der Waals surface area (Å²) < 4.78 is 4.24. The van der Waals surface area contributed by atoms with Crippen molar-refractivity contribution in [1.82, 2.24) is 19.6 Å². The van der Waals surface area contributed by atoms with Crippen molar-refractivity contribution in [2.45, 2.75) is 20.0 Å². The van der Waals surface area contributed by atoms with E-state index in [-0.39, 0.29) is 0 Å². The van der Waals surface area contributed by atoms with Crippen LogP contribution in [-0.2, 0) is 13.1 Å². The summed E-state index contributed by atoms with van der Waals surface area (Å²) in [4.78, 5) is 0. The standard InChI is InChI=1S/C23H20N4/c1-17-7-6-8-18(13-17)14-26-15-19(24-25-26)16-27-22-11-4-2-9-20(22)21-10-3-5-12-23(21)27/h2-13,15H,14,16H2,1H3. The second-order valence-corrected chi connectivity index (χ2v) is 7.02. The maximum Gasteiger partial charge on any atom is 0.102 e. The highest BCUT2D eigenvalue weighted by atomic mass is 15.4. The number of hydrogen-bond acceptors (Lipinski definition) is 2. The zero-order chi connectivity index (χ0) is 18.2. The van der Waals surface area contributed by atoms with E-state index in [2.05, 4.69) is 94.6 Å². The average Bonchev–Trinajstić information content (AvgIpc) is 3.25. The Morgan fingerprint density at radius 3 is 2.19 bits per heavy atom. The Morgan fingerprint density at radius 2 is 1.48 bits per heavy atom. The first-order chi connectivity index (χ1) is 13.3. The molecule has 0 saturated carbocycles. The maximum absolute atomic E-state index is 4.42. The lowest BCUT2D eigenvalue weighted by molar-refractivity contribution is 0.648. The highest BCUT2D eigenvalue weighted by molar-refractivity contribution is 6.07. The SMILES string of the molecule is Cc1cccc(Cn2cc(Cn3c4ccccc4c4ccccc43)nn2)c1. The van der Waals surface area contributed by atoms with Crippen LogP contribution < -0.4 is 0 Å². The van der Waals surface area contributed by atoms with Crippen LogP contribution in [0.4, 0.5) is 0 Å². The molecule has 2 aromatic heterocycles. The van der Waals surface area contributed by atoms with Gasteiger partial charge < -0.3 is 4.57 Å². The number of hydrogen-bond donors (Lipinski definition) is 0. The summed E-state index contributed by atoms with van der Waals surface area (Å²) in [6.45, 7) is 3.56. The fraction of sp³-hybridized carbons (Fsp3) is 0.130. The molecule has 0 unspecified atom stereocenters. The topological polar surface area (TPSA) is 35.6 Å². The minimum Gasteiger partial charge on any atom is -0.334 e. The van der Waals surface area contributed by atoms with E-state index in [1.54, 1.807) is 0 Å². The van der Waals surface area contributed by atoms with Crippen LogP contribution in [0.5, 0.6) is 0 Å². The molecule has 0 aliphatic carbocycles. The Kier molecular flexibility index (Phi) is 3.75. The molecular formula is C23H20N4. The summed E-state index contributed by atoms with van der Waals surface area (Å²) in [5.74, 6) is 0. The lowest BCUT2D eigenvalue weighted by Crippen LogP contribution is -2.01. The van der Waals surface area contributed by atoms with Gasteiger partial charge in [0.2, 0.25) is 0 Å². The smallest absolute Gasteiger partial charge is 0.102 e. The molecule has 0 radical (unpaired) electrons. The van der Waals surface area contributed by atoms with E-state index in [4.69, 9.17) is 0 Å². The van der Waals surface area contributed by atoms with Crippen molar-refractivity contribution in [2.75, 3.05) is 0 Å². The van der Waals surface area contributed by atoms with Gasteiger partial charge in [-0.05, 0) is 24.6 Å². The molecule has 0 N–H and O–H groups in total. The third kappa shape index (κ3) is 2.89. The van der Waals surface area contributed by atoms with Gasteiger partial charge in [-0.1, -0.05) is 71.4 Å². The Hall–Kier alpha value is -3.40. The molecule has 4 nitrogen and oxygen atoms in total. The Balaban J connectivity index is 1.50. The highest BCUT2D eigenvalue weighted by Crippen LogP contribution is 2.29. The lowest BCUT2D eigenvalue weighted by Gasteiger charge is -2.05. The van der Waals surface area contributed by atoms with Gasteiger partial charge in [0.15, 0.2) is 0 Å². The van der Waals surface area contributed by atoms with Crippen molar-refractivity contribution in [1.29, 1.82) is 0 Å². The molecule has 4 heteroatoms. The van der Waals surface area contributed by atoms with Gasteiger partial charge in [-0.15, -0.1) is 5.10 Å². The molecule has 0 spiro atoms. The molecule has 0 atom stereocenters. The predicted octanol–water partition coefficient (Wildman–Crippen LogP) is 4.79. The number of benzene rings is 3. The van der Waals surface area contributed by atoms with Crippen molar-refractivity contribution in [3.05, 3.63) is 95.8 Å². The molecule has 0 saturated heterocycles. The molecule has 5 rings (SSSR count). The third-order valence-electron chi connectivity index (χ3n) is 5.01. The monoisotopic (exact) mass is 352 g/mol. The van der Waals surface area contributed by atoms with Crippen molar-refractivity contribution in [2.24, 2.45) is 0 Å². The molecule has 0 aliphatic heterocycles. The zero-order valence-corrected chi connectivity index (χ0v) is 15.2. The van der Waals surface area contributed by atoms with Gasteiger partial charge >= 0.3 is 0 Å². The van der Waals surface area contributed by atoms with Crippen LogP contribution in [0.15, 0.2) is 79.0 Å². The van der Waals surface area contributed by atoms with Gasteiger partial charge in [-0.25, -0.2) is 4.68 Å². The van der Waals surface area contributed by atoms with Crippen LogP contribution in [-0.4, -0.2) is 19.6 Å². The fourth-order valence-corrected chi connectivity index (χ4v) is 3.82. The highest BCUT2D eigenvalue weighted by Gasteiger charge is 2.11. The van der Waals surface area contributed by atoms with E-state index < -0.39 is 0 Å². The van der Waals surface area contributed by atoms with E-state index >= 15 is 0 Å². The third-order valence-corrected chi connectivity index (χ3v) is 5.01. The minimum absolute atomic E-state index is 0.710. The van der Waals surface area contributed by atoms with Crippen molar-refractivity contribution in [3.63, 3.8) is 0 Å². The van der Waals surface area contributed by atoms with Crippen molar-refractivity contribution in [3.8, 4) is 0 Å². The van der Waals surface area contributed by atoms with Crippen LogP contribution in [0.1, 0.15) is 16.8 Å². The molecule has 5 aromatic rings. The summed E-state index contributed by atoms with van der Waals surface area (Å²) in [5, 5.41) is 11.3. The largest absolute Gasteiger partial charge is 0.334 e. The molecular weight excluding hydrogens is 332 g/mol. The number of rotatable bonds is 4. The molecule has 27 heavy (non-hydrogen) atoms. The first-order valence-corrected chi connectivity index (χ1v) is 9.18. The van der Waals surface area contributed by atoms with Gasteiger partial charge in [-0.3, -0.25) is 0 Å². The fourth-order valence-electron chi connectivity index (χ4n) is 3.82. The molecule has 0 bridgehead atoms. The van der Waals surface area contributed by atoms with Gasteiger partial charge in [0, 0.05) is 21.8 Å². The summed E-state index contributed by atoms with van der Waals surface area (Å²) in [6.07, 6.45) is 2.05. The number of aryl methyl sites for hydroxylation is 1. The molecule has 2 heterocycles. The van der Waals surface area contributed by atoms with Crippen molar-refractivity contribution >= 4 is 21.8 Å². The Bertz CT molecular complexity index is 1190. The second-order valence-electron chi connectivity index (χ2n) is 7.02.